The van der Waals surface area contributed by atoms with Crippen LogP contribution >= 0.6 is 0 Å². The minimum atomic E-state index is -0.485. The van der Waals surface area contributed by atoms with Crippen LogP contribution in [0.2, 0.25) is 0 Å². The van der Waals surface area contributed by atoms with Gasteiger partial charge in [-0.25, -0.2) is 4.39 Å². The smallest absolute Gasteiger partial charge is 0.287 e. The molecule has 1 aliphatic heterocycles. The Morgan fingerprint density at radius 1 is 1.39 bits per heavy atom. The normalized spacial score (nSPS) is 20.9. The maximum Gasteiger partial charge on any atom is 0.287 e. The summed E-state index contributed by atoms with van der Waals surface area (Å²) in [7, 11) is 0. The van der Waals surface area contributed by atoms with Gasteiger partial charge in [0.15, 0.2) is 17.2 Å². The van der Waals surface area contributed by atoms with E-state index in [4.69, 9.17) is 9.15 Å². The first-order valence-corrected chi connectivity index (χ1v) is 7.32. The van der Waals surface area contributed by atoms with Gasteiger partial charge in [0.25, 0.3) is 5.91 Å². The topological polar surface area (TPSA) is 80.1 Å². The molecule has 3 aromatic rings. The number of amides is 1. The lowest BCUT2D eigenvalue weighted by Gasteiger charge is -2.17. The second-order valence-corrected chi connectivity index (χ2v) is 5.44. The summed E-state index contributed by atoms with van der Waals surface area (Å²) in [5.74, 6) is -0.790. The predicted molar refractivity (Wildman–Crippen MR) is 79.3 cm³/mol. The Kier molecular flexibility index (Phi) is 3.34. The average Bonchev–Trinajstić information content (AvgIpc) is 3.27. The number of fused-ring (bicyclic) bond motifs is 1. The van der Waals surface area contributed by atoms with Crippen LogP contribution in [-0.2, 0) is 4.74 Å². The van der Waals surface area contributed by atoms with E-state index in [1.165, 1.54) is 12.1 Å². The van der Waals surface area contributed by atoms with E-state index in [9.17, 15) is 9.18 Å². The van der Waals surface area contributed by atoms with E-state index in [2.05, 4.69) is 15.5 Å². The minimum absolute atomic E-state index is 0.0837. The molecule has 1 fully saturated rings. The number of aromatic nitrogens is 2. The Morgan fingerprint density at radius 2 is 2.30 bits per heavy atom. The number of H-pyrrole nitrogens is 1. The molecule has 0 bridgehead atoms. The maximum absolute atomic E-state index is 13.7. The van der Waals surface area contributed by atoms with Crippen LogP contribution in [0.15, 0.2) is 40.9 Å². The molecule has 0 radical (unpaired) electrons. The molecule has 1 saturated heterocycles. The SMILES string of the molecule is O=C(N[C@@H]1CCO[C@H]1c1ccn[nH]1)c1cc2cccc(F)c2o1. The second-order valence-electron chi connectivity index (χ2n) is 5.44. The first-order chi connectivity index (χ1) is 11.2. The molecule has 2 atom stereocenters. The highest BCUT2D eigenvalue weighted by atomic mass is 19.1. The van der Waals surface area contributed by atoms with Crippen molar-refractivity contribution >= 4 is 16.9 Å². The summed E-state index contributed by atoms with van der Waals surface area (Å²) in [5, 5.41) is 10.2. The predicted octanol–water partition coefficient (Wildman–Crippen LogP) is 2.56. The number of hydrogen-bond donors (Lipinski definition) is 2. The van der Waals surface area contributed by atoms with Gasteiger partial charge in [-0.05, 0) is 24.6 Å². The van der Waals surface area contributed by atoms with Crippen LogP contribution in [0.5, 0.6) is 0 Å². The van der Waals surface area contributed by atoms with Crippen LogP contribution in [-0.4, -0.2) is 28.8 Å². The van der Waals surface area contributed by atoms with Crippen molar-refractivity contribution in [1.29, 1.82) is 0 Å². The molecule has 2 aromatic heterocycles. The first-order valence-electron chi connectivity index (χ1n) is 7.32. The number of nitrogens with one attached hydrogen (secondary N) is 2. The summed E-state index contributed by atoms with van der Waals surface area (Å²) < 4.78 is 24.7. The monoisotopic (exact) mass is 315 g/mol. The lowest BCUT2D eigenvalue weighted by atomic mass is 10.1. The van der Waals surface area contributed by atoms with Crippen LogP contribution in [0.25, 0.3) is 11.0 Å². The number of hydrogen-bond acceptors (Lipinski definition) is 4. The molecule has 0 aliphatic carbocycles. The van der Waals surface area contributed by atoms with Gasteiger partial charge in [0, 0.05) is 18.2 Å². The number of halogens is 1. The number of furan rings is 1. The Labute approximate surface area is 130 Å². The van der Waals surface area contributed by atoms with Gasteiger partial charge >= 0.3 is 0 Å². The third-order valence-corrected chi connectivity index (χ3v) is 3.96. The third kappa shape index (κ3) is 2.49. The van der Waals surface area contributed by atoms with E-state index in [1.807, 2.05) is 6.07 Å². The maximum atomic E-state index is 13.7. The molecule has 1 amide bonds. The number of carbonyl (C=O) groups excluding carboxylic acids is 1. The van der Waals surface area contributed by atoms with E-state index >= 15 is 0 Å². The first kappa shape index (κ1) is 14.0. The van der Waals surface area contributed by atoms with Gasteiger partial charge in [-0.1, -0.05) is 12.1 Å². The lowest BCUT2D eigenvalue weighted by molar-refractivity contribution is 0.0790. The molecular weight excluding hydrogens is 301 g/mol. The van der Waals surface area contributed by atoms with Crippen molar-refractivity contribution < 1.29 is 18.3 Å². The van der Waals surface area contributed by atoms with Crippen LogP contribution in [0.4, 0.5) is 4.39 Å². The Bertz CT molecular complexity index is 844. The summed E-state index contributed by atoms with van der Waals surface area (Å²) in [6.07, 6.45) is 2.05. The molecule has 4 rings (SSSR count). The Morgan fingerprint density at radius 3 is 3.09 bits per heavy atom. The number of nitrogens with zero attached hydrogens (tertiary/aromatic N) is 1. The Hall–Kier alpha value is -2.67. The molecule has 2 N–H and O–H groups in total. The van der Waals surface area contributed by atoms with Gasteiger partial charge in [-0.2, -0.15) is 5.10 Å². The molecule has 6 nitrogen and oxygen atoms in total. The minimum Gasteiger partial charge on any atom is -0.448 e. The van der Waals surface area contributed by atoms with Crippen LogP contribution in [0.3, 0.4) is 0 Å². The summed E-state index contributed by atoms with van der Waals surface area (Å²) in [5.41, 5.74) is 0.897. The fourth-order valence-electron chi connectivity index (χ4n) is 2.85. The highest BCUT2D eigenvalue weighted by Gasteiger charge is 2.32. The quantitative estimate of drug-likeness (QED) is 0.778. The van der Waals surface area contributed by atoms with Gasteiger partial charge in [0.05, 0.1) is 11.7 Å². The van der Waals surface area contributed by atoms with Crippen molar-refractivity contribution in [1.82, 2.24) is 15.5 Å². The summed E-state index contributed by atoms with van der Waals surface area (Å²) in [6, 6.07) is 7.73. The molecule has 1 aliphatic rings. The van der Waals surface area contributed by atoms with Crippen LogP contribution in [0, 0.1) is 5.82 Å². The number of carbonyl (C=O) groups is 1. The van der Waals surface area contributed by atoms with E-state index in [-0.39, 0.29) is 29.4 Å². The van der Waals surface area contributed by atoms with Gasteiger partial charge in [-0.3, -0.25) is 9.89 Å². The van der Waals surface area contributed by atoms with E-state index in [1.54, 1.807) is 18.3 Å². The lowest BCUT2D eigenvalue weighted by Crippen LogP contribution is -2.36. The van der Waals surface area contributed by atoms with Crippen LogP contribution in [0.1, 0.15) is 28.8 Å². The summed E-state index contributed by atoms with van der Waals surface area (Å²) in [4.78, 5) is 12.4. The zero-order chi connectivity index (χ0) is 15.8. The zero-order valence-electron chi connectivity index (χ0n) is 12.1. The summed E-state index contributed by atoms with van der Waals surface area (Å²) in [6.45, 7) is 0.545. The fourth-order valence-corrected chi connectivity index (χ4v) is 2.85. The van der Waals surface area contributed by atoms with E-state index in [0.717, 1.165) is 5.69 Å². The molecule has 3 heterocycles. The molecule has 118 valence electrons. The second kappa shape index (κ2) is 5.51. The number of rotatable bonds is 3. The van der Waals surface area contributed by atoms with Crippen molar-refractivity contribution in [3.05, 3.63) is 53.8 Å². The average molecular weight is 315 g/mol. The van der Waals surface area contributed by atoms with Crippen molar-refractivity contribution in [2.24, 2.45) is 0 Å². The van der Waals surface area contributed by atoms with Gasteiger partial charge in [-0.15, -0.1) is 0 Å². The molecular formula is C16H14FN3O3. The van der Waals surface area contributed by atoms with E-state index < -0.39 is 5.82 Å². The van der Waals surface area contributed by atoms with E-state index in [0.29, 0.717) is 18.4 Å². The van der Waals surface area contributed by atoms with Gasteiger partial charge in [0.2, 0.25) is 0 Å². The molecule has 0 saturated carbocycles. The number of para-hydroxylation sites is 1. The van der Waals surface area contributed by atoms with Crippen molar-refractivity contribution in [2.75, 3.05) is 6.61 Å². The van der Waals surface area contributed by atoms with Gasteiger partial charge in [0.1, 0.15) is 6.10 Å². The molecule has 0 unspecified atom stereocenters. The highest BCUT2D eigenvalue weighted by molar-refractivity contribution is 5.96. The number of ether oxygens (including phenoxy) is 1. The Balaban J connectivity index is 1.55. The molecule has 7 heteroatoms. The molecule has 23 heavy (non-hydrogen) atoms. The largest absolute Gasteiger partial charge is 0.448 e. The highest BCUT2D eigenvalue weighted by Crippen LogP contribution is 2.28. The van der Waals surface area contributed by atoms with Crippen molar-refractivity contribution in [3.8, 4) is 0 Å². The number of benzene rings is 1. The molecule has 0 spiro atoms. The fraction of sp³-hybridized carbons (Fsp3) is 0.250. The number of aromatic amines is 1. The standard InChI is InChI=1S/C16H14FN3O3/c17-10-3-1-2-9-8-13(23-14(9)10)16(21)19-11-5-7-22-15(11)12-4-6-18-20-12/h1-4,6,8,11,15H,5,7H2,(H,18,20)(H,19,21)/t11-,15-/m1/s1. The molecule has 1 aromatic carbocycles. The van der Waals surface area contributed by atoms with Crippen molar-refractivity contribution in [2.45, 2.75) is 18.6 Å². The van der Waals surface area contributed by atoms with Gasteiger partial charge < -0.3 is 14.5 Å². The third-order valence-electron chi connectivity index (χ3n) is 3.96. The van der Waals surface area contributed by atoms with Crippen molar-refractivity contribution in [3.63, 3.8) is 0 Å². The zero-order valence-corrected chi connectivity index (χ0v) is 12.1. The summed E-state index contributed by atoms with van der Waals surface area (Å²) >= 11 is 0. The van der Waals surface area contributed by atoms with Crippen LogP contribution < -0.4 is 5.32 Å².